The largest absolute Gasteiger partial charge is 0.337 e. The molecule has 3 aliphatic heterocycles. The van der Waals surface area contributed by atoms with Crippen LogP contribution in [0.2, 0.25) is 0 Å². The second kappa shape index (κ2) is 5.42. The third-order valence-electron chi connectivity index (χ3n) is 6.56. The van der Waals surface area contributed by atoms with Crippen molar-refractivity contribution in [3.05, 3.63) is 24.0 Å². The lowest BCUT2D eigenvalue weighted by atomic mass is 9.69. The summed E-state index contributed by atoms with van der Waals surface area (Å²) < 4.78 is 0. The highest BCUT2D eigenvalue weighted by atomic mass is 15.3. The maximum atomic E-state index is 4.78. The Kier molecular flexibility index (Phi) is 3.12. The van der Waals surface area contributed by atoms with Gasteiger partial charge in [-0.15, -0.1) is 0 Å². The molecule has 5 aliphatic rings. The van der Waals surface area contributed by atoms with Crippen molar-refractivity contribution in [1.82, 2.24) is 25.1 Å². The molecular weight excluding hydrogens is 326 g/mol. The first-order valence-electron chi connectivity index (χ1n) is 9.91. The molecule has 3 saturated heterocycles. The van der Waals surface area contributed by atoms with Gasteiger partial charge in [0.2, 0.25) is 5.95 Å². The fourth-order valence-corrected chi connectivity index (χ4v) is 4.90. The molecule has 7 rings (SSSR count). The lowest BCUT2D eigenvalue weighted by molar-refractivity contribution is 0.0699. The number of nitrogens with zero attached hydrogens (tertiary/aromatic N) is 5. The molecule has 0 aromatic carbocycles. The number of hydrogen-bond donors (Lipinski definition) is 2. The van der Waals surface area contributed by atoms with Gasteiger partial charge in [0.15, 0.2) is 5.82 Å². The van der Waals surface area contributed by atoms with Crippen molar-refractivity contribution in [2.45, 2.75) is 44.1 Å². The van der Waals surface area contributed by atoms with Crippen LogP contribution < -0.4 is 10.2 Å². The Labute approximate surface area is 153 Å². The Morgan fingerprint density at radius 2 is 2.12 bits per heavy atom. The summed E-state index contributed by atoms with van der Waals surface area (Å²) in [6.07, 6.45) is 8.37. The Balaban J connectivity index is 1.16. The fourth-order valence-electron chi connectivity index (χ4n) is 4.90. The van der Waals surface area contributed by atoms with E-state index in [0.29, 0.717) is 17.4 Å². The minimum absolute atomic E-state index is 0.485. The molecule has 0 unspecified atom stereocenters. The average Bonchev–Trinajstić information content (AvgIpc) is 3.07. The number of likely N-dealkylation sites (tertiary alicyclic amines) is 1. The van der Waals surface area contributed by atoms with Crippen LogP contribution in [0.4, 0.5) is 17.6 Å². The van der Waals surface area contributed by atoms with E-state index in [0.717, 1.165) is 24.1 Å². The van der Waals surface area contributed by atoms with E-state index in [9.17, 15) is 0 Å². The highest BCUT2D eigenvalue weighted by Gasteiger charge is 2.56. The lowest BCUT2D eigenvalue weighted by Gasteiger charge is -2.43. The summed E-state index contributed by atoms with van der Waals surface area (Å²) in [5, 5.41) is 10.8. The molecule has 0 amide bonds. The molecule has 2 N–H and O–H groups in total. The van der Waals surface area contributed by atoms with Crippen molar-refractivity contribution < 1.29 is 0 Å². The summed E-state index contributed by atoms with van der Waals surface area (Å²) in [5.41, 5.74) is 1.72. The van der Waals surface area contributed by atoms with E-state index in [1.165, 1.54) is 57.4 Å². The Hall–Kier alpha value is -2.15. The first-order valence-corrected chi connectivity index (χ1v) is 9.91. The van der Waals surface area contributed by atoms with Gasteiger partial charge in [-0.25, -0.2) is 4.98 Å². The monoisotopic (exact) mass is 351 g/mol. The first-order chi connectivity index (χ1) is 12.8. The average molecular weight is 351 g/mol. The number of hydrogen-bond acceptors (Lipinski definition) is 6. The molecule has 2 bridgehead atoms. The molecule has 0 radical (unpaired) electrons. The van der Waals surface area contributed by atoms with Crippen molar-refractivity contribution in [1.29, 1.82) is 0 Å². The van der Waals surface area contributed by atoms with Gasteiger partial charge in [0.25, 0.3) is 0 Å². The fraction of sp³-hybridized carbons (Fsp3) is 0.632. The van der Waals surface area contributed by atoms with Gasteiger partial charge in [-0.05, 0) is 51.3 Å². The summed E-state index contributed by atoms with van der Waals surface area (Å²) in [4.78, 5) is 14.4. The third kappa shape index (κ3) is 2.48. The summed E-state index contributed by atoms with van der Waals surface area (Å²) in [7, 11) is 0. The number of fused-ring (bicyclic) bond motifs is 1. The molecule has 2 aliphatic carbocycles. The standard InChI is InChI=1S/C19H25N7/c1-6-25(7-1)11-19-9-14(10-19)26(12-19)18-20-5-4-16(22-18)21-17-8-15(23-24-17)13-2-3-13/h4-5,8,13-14H,1-3,6-7,9-12H2,(H2,20,21,22,23,24). The van der Waals surface area contributed by atoms with Crippen LogP contribution in [0.1, 0.15) is 43.7 Å². The SMILES string of the molecule is c1cc(Nc2cc(C3CC3)[nH]n2)nc(N2CC3(CN4CCC4)CC2C3)n1. The van der Waals surface area contributed by atoms with Crippen LogP contribution in [0, 0.1) is 5.41 Å². The molecule has 0 spiro atoms. The zero-order chi connectivity index (χ0) is 17.1. The van der Waals surface area contributed by atoms with Crippen LogP contribution in [0.3, 0.4) is 0 Å². The van der Waals surface area contributed by atoms with Gasteiger partial charge in [0.1, 0.15) is 5.82 Å². The van der Waals surface area contributed by atoms with E-state index in [-0.39, 0.29) is 0 Å². The van der Waals surface area contributed by atoms with E-state index in [2.05, 4.69) is 36.4 Å². The number of aromatic amines is 1. The van der Waals surface area contributed by atoms with Crippen LogP contribution in [0.15, 0.2) is 18.3 Å². The van der Waals surface area contributed by atoms with Crippen molar-refractivity contribution in [2.75, 3.05) is 36.4 Å². The molecule has 2 saturated carbocycles. The highest BCUT2D eigenvalue weighted by Crippen LogP contribution is 2.53. The predicted molar refractivity (Wildman–Crippen MR) is 99.7 cm³/mol. The van der Waals surface area contributed by atoms with Crippen LogP contribution in [0.5, 0.6) is 0 Å². The molecule has 0 atom stereocenters. The third-order valence-corrected chi connectivity index (χ3v) is 6.56. The number of nitrogens with one attached hydrogen (secondary N) is 2. The molecule has 2 aromatic heterocycles. The van der Waals surface area contributed by atoms with Gasteiger partial charge in [0, 0.05) is 48.4 Å². The van der Waals surface area contributed by atoms with Gasteiger partial charge in [-0.1, -0.05) is 0 Å². The lowest BCUT2D eigenvalue weighted by Crippen LogP contribution is -2.48. The number of rotatable bonds is 6. The summed E-state index contributed by atoms with van der Waals surface area (Å²) in [6.45, 7) is 4.94. The van der Waals surface area contributed by atoms with Gasteiger partial charge in [0.05, 0.1) is 0 Å². The normalized spacial score (nSPS) is 30.2. The van der Waals surface area contributed by atoms with E-state index < -0.39 is 0 Å². The highest BCUT2D eigenvalue weighted by molar-refractivity contribution is 5.54. The smallest absolute Gasteiger partial charge is 0.227 e. The van der Waals surface area contributed by atoms with Crippen LogP contribution in [-0.2, 0) is 0 Å². The minimum Gasteiger partial charge on any atom is -0.337 e. The molecule has 5 heterocycles. The maximum absolute atomic E-state index is 4.78. The van der Waals surface area contributed by atoms with Crippen molar-refractivity contribution in [2.24, 2.45) is 5.41 Å². The number of H-pyrrole nitrogens is 1. The van der Waals surface area contributed by atoms with Gasteiger partial charge >= 0.3 is 0 Å². The predicted octanol–water partition coefficient (Wildman–Crippen LogP) is 2.50. The maximum Gasteiger partial charge on any atom is 0.227 e. The van der Waals surface area contributed by atoms with Gasteiger partial charge in [-0.2, -0.15) is 10.1 Å². The van der Waals surface area contributed by atoms with Crippen LogP contribution >= 0.6 is 0 Å². The summed E-state index contributed by atoms with van der Waals surface area (Å²) >= 11 is 0. The summed E-state index contributed by atoms with van der Waals surface area (Å²) in [6, 6.07) is 4.65. The molecule has 2 aromatic rings. The van der Waals surface area contributed by atoms with E-state index in [4.69, 9.17) is 4.98 Å². The second-order valence-corrected chi connectivity index (χ2v) is 8.67. The van der Waals surface area contributed by atoms with Crippen LogP contribution in [0.25, 0.3) is 0 Å². The molecule has 7 nitrogen and oxygen atoms in total. The molecule has 7 heteroatoms. The summed E-state index contributed by atoms with van der Waals surface area (Å²) in [5.74, 6) is 3.21. The van der Waals surface area contributed by atoms with Crippen molar-refractivity contribution in [3.8, 4) is 0 Å². The van der Waals surface area contributed by atoms with Crippen molar-refractivity contribution in [3.63, 3.8) is 0 Å². The van der Waals surface area contributed by atoms with Gasteiger partial charge in [-0.3, -0.25) is 5.10 Å². The van der Waals surface area contributed by atoms with E-state index in [1.54, 1.807) is 0 Å². The zero-order valence-electron chi connectivity index (χ0n) is 15.0. The Bertz CT molecular complexity index is 817. The number of aromatic nitrogens is 4. The van der Waals surface area contributed by atoms with E-state index in [1.807, 2.05) is 12.3 Å². The van der Waals surface area contributed by atoms with Gasteiger partial charge < -0.3 is 15.1 Å². The zero-order valence-corrected chi connectivity index (χ0v) is 15.0. The van der Waals surface area contributed by atoms with Crippen molar-refractivity contribution >= 4 is 17.6 Å². The quantitative estimate of drug-likeness (QED) is 0.833. The Morgan fingerprint density at radius 3 is 2.88 bits per heavy atom. The second-order valence-electron chi connectivity index (χ2n) is 8.67. The first kappa shape index (κ1) is 15.0. The molecular formula is C19H25N7. The topological polar surface area (TPSA) is 73.0 Å². The number of anilines is 3. The minimum atomic E-state index is 0.485. The Morgan fingerprint density at radius 1 is 1.23 bits per heavy atom. The van der Waals surface area contributed by atoms with Crippen LogP contribution in [-0.4, -0.2) is 57.3 Å². The van der Waals surface area contributed by atoms with E-state index >= 15 is 0 Å². The molecule has 136 valence electrons. The molecule has 5 fully saturated rings. The molecule has 26 heavy (non-hydrogen) atoms.